The number of carbonyl (C=O) groups excluding carboxylic acids is 1. The normalized spacial score (nSPS) is 13.6. The van der Waals surface area contributed by atoms with E-state index in [1.165, 1.54) is 0 Å². The number of nitrogens with zero attached hydrogens (tertiary/aromatic N) is 1. The van der Waals surface area contributed by atoms with E-state index in [1.54, 1.807) is 19.9 Å². The second-order valence-electron chi connectivity index (χ2n) is 4.03. The van der Waals surface area contributed by atoms with Crippen molar-refractivity contribution in [3.63, 3.8) is 0 Å². The first-order valence-corrected chi connectivity index (χ1v) is 6.24. The Hall–Kier alpha value is -2.50. The van der Waals surface area contributed by atoms with Crippen LogP contribution >= 0.6 is 0 Å². The average Bonchev–Trinajstić information content (AvgIpc) is 2.90. The van der Waals surface area contributed by atoms with E-state index < -0.39 is 6.09 Å². The predicted molar refractivity (Wildman–Crippen MR) is 74.9 cm³/mol. The van der Waals surface area contributed by atoms with Gasteiger partial charge in [0.15, 0.2) is 11.5 Å². The van der Waals surface area contributed by atoms with Crippen LogP contribution in [0.2, 0.25) is 0 Å². The topological polar surface area (TPSA) is 69.2 Å². The van der Waals surface area contributed by atoms with Gasteiger partial charge >= 0.3 is 6.09 Å². The summed E-state index contributed by atoms with van der Waals surface area (Å²) in [4.78, 5) is 11.1. The minimum absolute atomic E-state index is 0.256. The zero-order valence-electron chi connectivity index (χ0n) is 11.4. The summed E-state index contributed by atoms with van der Waals surface area (Å²) < 4.78 is 15.2. The fourth-order valence-corrected chi connectivity index (χ4v) is 1.57. The molecular formula is C14H16N2O4. The molecule has 6 nitrogen and oxygen atoms in total. The molecule has 1 aliphatic rings. The van der Waals surface area contributed by atoms with Crippen LogP contribution in [0.15, 0.2) is 29.4 Å². The molecule has 0 saturated heterocycles. The Bertz CT molecular complexity index is 552. The number of hydrazone groups is 1. The first-order chi connectivity index (χ1) is 9.69. The summed E-state index contributed by atoms with van der Waals surface area (Å²) in [7, 11) is 0. The largest absolute Gasteiger partial charge is 0.454 e. The molecule has 106 valence electrons. The van der Waals surface area contributed by atoms with Crippen LogP contribution < -0.4 is 14.9 Å². The molecule has 20 heavy (non-hydrogen) atoms. The molecule has 1 aliphatic heterocycles. The Kier molecular flexibility index (Phi) is 4.60. The van der Waals surface area contributed by atoms with Crippen molar-refractivity contribution in [2.24, 2.45) is 5.10 Å². The number of ether oxygens (including phenoxy) is 3. The van der Waals surface area contributed by atoms with Crippen molar-refractivity contribution in [1.29, 1.82) is 0 Å². The summed E-state index contributed by atoms with van der Waals surface area (Å²) >= 11 is 0. The number of rotatable bonds is 4. The third-order valence-corrected chi connectivity index (χ3v) is 2.51. The highest BCUT2D eigenvalue weighted by Crippen LogP contribution is 2.32. The zero-order valence-corrected chi connectivity index (χ0v) is 11.4. The van der Waals surface area contributed by atoms with E-state index in [4.69, 9.17) is 14.2 Å². The highest BCUT2D eigenvalue weighted by molar-refractivity contribution is 5.96. The summed E-state index contributed by atoms with van der Waals surface area (Å²) in [5.41, 5.74) is 3.90. The smallest absolute Gasteiger partial charge is 0.427 e. The van der Waals surface area contributed by atoms with Crippen molar-refractivity contribution < 1.29 is 19.0 Å². The SMILES string of the molecule is CCOC(=O)NN=C(C)C=Cc1ccc2c(c1)OCO2. The van der Waals surface area contributed by atoms with Crippen LogP contribution in [-0.2, 0) is 4.74 Å². The number of nitrogens with one attached hydrogen (secondary N) is 1. The molecular weight excluding hydrogens is 260 g/mol. The van der Waals surface area contributed by atoms with Gasteiger partial charge in [-0.25, -0.2) is 10.2 Å². The summed E-state index contributed by atoms with van der Waals surface area (Å²) in [6.45, 7) is 4.07. The summed E-state index contributed by atoms with van der Waals surface area (Å²) in [6, 6.07) is 5.65. The number of amides is 1. The molecule has 0 aliphatic carbocycles. The maximum absolute atomic E-state index is 11.1. The highest BCUT2D eigenvalue weighted by atomic mass is 16.7. The van der Waals surface area contributed by atoms with Gasteiger partial charge in [0.1, 0.15) is 0 Å². The fraction of sp³-hybridized carbons (Fsp3) is 0.286. The van der Waals surface area contributed by atoms with E-state index in [2.05, 4.69) is 10.5 Å². The van der Waals surface area contributed by atoms with Crippen molar-refractivity contribution in [2.75, 3.05) is 13.4 Å². The molecule has 1 heterocycles. The number of benzene rings is 1. The minimum Gasteiger partial charge on any atom is -0.454 e. The third-order valence-electron chi connectivity index (χ3n) is 2.51. The number of allylic oxidation sites excluding steroid dienone is 1. The lowest BCUT2D eigenvalue weighted by Gasteiger charge is -2.00. The Morgan fingerprint density at radius 3 is 3.05 bits per heavy atom. The van der Waals surface area contributed by atoms with Gasteiger partial charge in [-0.15, -0.1) is 0 Å². The van der Waals surface area contributed by atoms with Gasteiger partial charge in [0, 0.05) is 0 Å². The molecule has 0 atom stereocenters. The van der Waals surface area contributed by atoms with Crippen LogP contribution in [0.5, 0.6) is 11.5 Å². The molecule has 1 N–H and O–H groups in total. The van der Waals surface area contributed by atoms with Crippen molar-refractivity contribution in [1.82, 2.24) is 5.43 Å². The molecule has 1 aromatic carbocycles. The molecule has 6 heteroatoms. The van der Waals surface area contributed by atoms with Gasteiger partial charge in [0.05, 0.1) is 12.3 Å². The van der Waals surface area contributed by atoms with Gasteiger partial charge in [0.2, 0.25) is 6.79 Å². The average molecular weight is 276 g/mol. The highest BCUT2D eigenvalue weighted by Gasteiger charge is 2.12. The van der Waals surface area contributed by atoms with Gasteiger partial charge in [0.25, 0.3) is 0 Å². The maximum atomic E-state index is 11.1. The molecule has 0 fully saturated rings. The van der Waals surface area contributed by atoms with Gasteiger partial charge < -0.3 is 14.2 Å². The van der Waals surface area contributed by atoms with Crippen molar-refractivity contribution in [3.05, 3.63) is 29.8 Å². The number of fused-ring (bicyclic) bond motifs is 1. The van der Waals surface area contributed by atoms with E-state index in [-0.39, 0.29) is 6.79 Å². The Morgan fingerprint density at radius 2 is 2.25 bits per heavy atom. The Balaban J connectivity index is 1.95. The molecule has 1 amide bonds. The van der Waals surface area contributed by atoms with E-state index in [1.807, 2.05) is 24.3 Å². The molecule has 0 saturated carbocycles. The number of hydrogen-bond acceptors (Lipinski definition) is 5. The molecule has 2 rings (SSSR count). The maximum Gasteiger partial charge on any atom is 0.427 e. The Morgan fingerprint density at radius 1 is 1.45 bits per heavy atom. The van der Waals surface area contributed by atoms with E-state index in [9.17, 15) is 4.79 Å². The summed E-state index contributed by atoms with van der Waals surface area (Å²) in [5.74, 6) is 1.47. The first-order valence-electron chi connectivity index (χ1n) is 6.24. The summed E-state index contributed by atoms with van der Waals surface area (Å²) in [5, 5.41) is 3.88. The lowest BCUT2D eigenvalue weighted by molar-refractivity contribution is 0.152. The van der Waals surface area contributed by atoms with Crippen molar-refractivity contribution in [3.8, 4) is 11.5 Å². The molecule has 0 radical (unpaired) electrons. The van der Waals surface area contributed by atoms with Crippen LogP contribution in [0.25, 0.3) is 6.08 Å². The van der Waals surface area contributed by atoms with Gasteiger partial charge in [-0.3, -0.25) is 0 Å². The zero-order chi connectivity index (χ0) is 14.4. The molecule has 0 unspecified atom stereocenters. The first kappa shape index (κ1) is 13.9. The number of hydrogen-bond donors (Lipinski definition) is 1. The van der Waals surface area contributed by atoms with Crippen LogP contribution in [0, 0.1) is 0 Å². The fourth-order valence-electron chi connectivity index (χ4n) is 1.57. The predicted octanol–water partition coefficient (Wildman–Crippen LogP) is 2.55. The molecule has 0 spiro atoms. The monoisotopic (exact) mass is 276 g/mol. The molecule has 0 aromatic heterocycles. The van der Waals surface area contributed by atoms with E-state index in [0.717, 1.165) is 17.1 Å². The standard InChI is InChI=1S/C14H16N2O4/c1-3-18-14(17)16-15-10(2)4-5-11-6-7-12-13(8-11)20-9-19-12/h4-8H,3,9H2,1-2H3,(H,16,17). The second-order valence-corrected chi connectivity index (χ2v) is 4.03. The lowest BCUT2D eigenvalue weighted by Crippen LogP contribution is -2.19. The number of carbonyl (C=O) groups is 1. The van der Waals surface area contributed by atoms with Gasteiger partial charge in [-0.05, 0) is 37.6 Å². The third kappa shape index (κ3) is 3.74. The van der Waals surface area contributed by atoms with Gasteiger partial charge in [-0.2, -0.15) is 5.10 Å². The molecule has 1 aromatic rings. The van der Waals surface area contributed by atoms with E-state index in [0.29, 0.717) is 12.3 Å². The van der Waals surface area contributed by atoms with Crippen molar-refractivity contribution in [2.45, 2.75) is 13.8 Å². The van der Waals surface area contributed by atoms with E-state index >= 15 is 0 Å². The van der Waals surface area contributed by atoms with Gasteiger partial charge in [-0.1, -0.05) is 12.1 Å². The lowest BCUT2D eigenvalue weighted by atomic mass is 10.2. The quantitative estimate of drug-likeness (QED) is 0.677. The second kappa shape index (κ2) is 6.60. The summed E-state index contributed by atoms with van der Waals surface area (Å²) in [6.07, 6.45) is 3.08. The Labute approximate surface area is 117 Å². The van der Waals surface area contributed by atoms with Crippen LogP contribution in [-0.4, -0.2) is 25.2 Å². The van der Waals surface area contributed by atoms with Crippen LogP contribution in [0.4, 0.5) is 4.79 Å². The minimum atomic E-state index is -0.566. The van der Waals surface area contributed by atoms with Crippen LogP contribution in [0.1, 0.15) is 19.4 Å². The van der Waals surface area contributed by atoms with Crippen LogP contribution in [0.3, 0.4) is 0 Å². The molecule has 0 bridgehead atoms. The van der Waals surface area contributed by atoms with Crippen molar-refractivity contribution >= 4 is 17.9 Å².